The van der Waals surface area contributed by atoms with Crippen LogP contribution in [-0.4, -0.2) is 31.5 Å². The number of carbonyl (C=O) groups excluding carboxylic acids is 2. The molecule has 0 aliphatic carbocycles. The molecule has 2 amide bonds. The molecule has 0 saturated carbocycles. The average molecular weight is 381 g/mol. The summed E-state index contributed by atoms with van der Waals surface area (Å²) in [5.74, 6) is 0.263. The van der Waals surface area contributed by atoms with Crippen molar-refractivity contribution in [1.29, 1.82) is 0 Å². The van der Waals surface area contributed by atoms with Gasteiger partial charge in [-0.3, -0.25) is 20.4 Å². The fraction of sp³-hybridized carbons (Fsp3) is 0.364. The van der Waals surface area contributed by atoms with E-state index >= 15 is 0 Å². The van der Waals surface area contributed by atoms with Gasteiger partial charge in [-0.1, -0.05) is 30.3 Å². The van der Waals surface area contributed by atoms with Gasteiger partial charge < -0.3 is 9.64 Å². The van der Waals surface area contributed by atoms with Crippen LogP contribution in [0.4, 0.5) is 5.69 Å². The number of fused-ring (bicyclic) bond motifs is 1. The van der Waals surface area contributed by atoms with Crippen LogP contribution in [0.5, 0.6) is 5.75 Å². The van der Waals surface area contributed by atoms with Gasteiger partial charge in [-0.05, 0) is 55.5 Å². The van der Waals surface area contributed by atoms with Crippen molar-refractivity contribution in [2.75, 3.05) is 24.6 Å². The first-order chi connectivity index (χ1) is 13.5. The number of hydrazine groups is 1. The summed E-state index contributed by atoms with van der Waals surface area (Å²) >= 11 is 0. The van der Waals surface area contributed by atoms with Gasteiger partial charge >= 0.3 is 0 Å². The van der Waals surface area contributed by atoms with Crippen molar-refractivity contribution in [3.8, 4) is 5.75 Å². The van der Waals surface area contributed by atoms with E-state index in [4.69, 9.17) is 4.74 Å². The van der Waals surface area contributed by atoms with E-state index in [9.17, 15) is 9.59 Å². The van der Waals surface area contributed by atoms with Gasteiger partial charge in [0.15, 0.2) is 0 Å². The van der Waals surface area contributed by atoms with Gasteiger partial charge in [0.25, 0.3) is 5.91 Å². The number of amides is 2. The lowest BCUT2D eigenvalue weighted by atomic mass is 10.0. The highest BCUT2D eigenvalue weighted by molar-refractivity contribution is 5.85. The molecule has 6 heteroatoms. The molecular formula is C22H27N3O3. The van der Waals surface area contributed by atoms with Gasteiger partial charge in [0.05, 0.1) is 19.6 Å². The lowest BCUT2D eigenvalue weighted by Crippen LogP contribution is -2.47. The Morgan fingerprint density at radius 2 is 1.86 bits per heavy atom. The number of aryl methyl sites for hydroxylation is 3. The molecule has 1 aliphatic rings. The zero-order chi connectivity index (χ0) is 19.9. The smallest absolute Gasteiger partial charge is 0.257 e. The molecule has 28 heavy (non-hydrogen) atoms. The standard InChI is InChI=1S/C22H27N3O3/c1-16-9-10-17(2)20(14-16)28-13-11-21(26)23-24-22(27)15-25-12-5-7-18-6-3-4-8-19(18)25/h3-4,6,8-10,14H,5,7,11-13,15H2,1-2H3,(H,23,26)(H,24,27). The van der Waals surface area contributed by atoms with Crippen molar-refractivity contribution in [1.82, 2.24) is 10.9 Å². The van der Waals surface area contributed by atoms with Gasteiger partial charge in [-0.15, -0.1) is 0 Å². The van der Waals surface area contributed by atoms with Gasteiger partial charge in [-0.2, -0.15) is 0 Å². The average Bonchev–Trinajstić information content (AvgIpc) is 2.69. The van der Waals surface area contributed by atoms with Crippen LogP contribution in [0.2, 0.25) is 0 Å². The minimum atomic E-state index is -0.280. The van der Waals surface area contributed by atoms with E-state index in [1.165, 1.54) is 5.56 Å². The number of anilines is 1. The third-order valence-corrected chi connectivity index (χ3v) is 4.81. The van der Waals surface area contributed by atoms with Crippen LogP contribution in [-0.2, 0) is 16.0 Å². The Morgan fingerprint density at radius 1 is 1.07 bits per heavy atom. The minimum absolute atomic E-state index is 0.167. The fourth-order valence-corrected chi connectivity index (χ4v) is 3.31. The molecule has 1 aliphatic heterocycles. The molecule has 1 heterocycles. The molecule has 0 atom stereocenters. The second kappa shape index (κ2) is 9.26. The van der Waals surface area contributed by atoms with Gasteiger partial charge in [0, 0.05) is 12.2 Å². The number of hydrogen-bond donors (Lipinski definition) is 2. The lowest BCUT2D eigenvalue weighted by molar-refractivity contribution is -0.128. The predicted octanol–water partition coefficient (Wildman–Crippen LogP) is 2.67. The first-order valence-electron chi connectivity index (χ1n) is 9.63. The van der Waals surface area contributed by atoms with E-state index in [-0.39, 0.29) is 31.4 Å². The summed E-state index contributed by atoms with van der Waals surface area (Å²) in [6, 6.07) is 14.1. The molecule has 0 aromatic heterocycles. The lowest BCUT2D eigenvalue weighted by Gasteiger charge is -2.30. The number of para-hydroxylation sites is 1. The summed E-state index contributed by atoms with van der Waals surface area (Å²) in [6.07, 6.45) is 2.22. The van der Waals surface area contributed by atoms with Crippen LogP contribution in [0.3, 0.4) is 0 Å². The fourth-order valence-electron chi connectivity index (χ4n) is 3.31. The molecule has 2 aromatic rings. The Hall–Kier alpha value is -3.02. The molecule has 0 bridgehead atoms. The first-order valence-corrected chi connectivity index (χ1v) is 9.63. The van der Waals surface area contributed by atoms with Crippen molar-refractivity contribution in [2.24, 2.45) is 0 Å². The number of nitrogens with one attached hydrogen (secondary N) is 2. The number of ether oxygens (including phenoxy) is 1. The zero-order valence-corrected chi connectivity index (χ0v) is 16.5. The Balaban J connectivity index is 1.40. The van der Waals surface area contributed by atoms with E-state index < -0.39 is 0 Å². The van der Waals surface area contributed by atoms with Crippen molar-refractivity contribution in [3.63, 3.8) is 0 Å². The van der Waals surface area contributed by atoms with E-state index in [0.717, 1.165) is 42.0 Å². The van der Waals surface area contributed by atoms with E-state index in [1.54, 1.807) is 0 Å². The van der Waals surface area contributed by atoms with Crippen LogP contribution in [0.25, 0.3) is 0 Å². The molecular weight excluding hydrogens is 354 g/mol. The maximum atomic E-state index is 12.2. The normalized spacial score (nSPS) is 12.9. The Kier molecular flexibility index (Phi) is 6.53. The third-order valence-electron chi connectivity index (χ3n) is 4.81. The highest BCUT2D eigenvalue weighted by atomic mass is 16.5. The summed E-state index contributed by atoms with van der Waals surface area (Å²) in [6.45, 7) is 5.27. The third kappa shape index (κ3) is 5.25. The minimum Gasteiger partial charge on any atom is -0.493 e. The van der Waals surface area contributed by atoms with Crippen molar-refractivity contribution < 1.29 is 14.3 Å². The molecule has 0 radical (unpaired) electrons. The molecule has 0 fully saturated rings. The number of hydrogen-bond acceptors (Lipinski definition) is 4. The summed E-state index contributed by atoms with van der Waals surface area (Å²) in [7, 11) is 0. The molecule has 0 unspecified atom stereocenters. The monoisotopic (exact) mass is 381 g/mol. The summed E-state index contributed by atoms with van der Waals surface area (Å²) in [5.41, 5.74) is 9.45. The topological polar surface area (TPSA) is 70.7 Å². The van der Waals surface area contributed by atoms with E-state index in [2.05, 4.69) is 16.9 Å². The molecule has 0 saturated heterocycles. The number of nitrogens with zero attached hydrogens (tertiary/aromatic N) is 1. The second-order valence-corrected chi connectivity index (χ2v) is 7.12. The Morgan fingerprint density at radius 3 is 2.71 bits per heavy atom. The Labute approximate surface area is 165 Å². The van der Waals surface area contributed by atoms with Crippen LogP contribution < -0.4 is 20.5 Å². The molecule has 6 nitrogen and oxygen atoms in total. The highest BCUT2D eigenvalue weighted by Gasteiger charge is 2.18. The second-order valence-electron chi connectivity index (χ2n) is 7.12. The number of benzene rings is 2. The molecule has 148 valence electrons. The largest absolute Gasteiger partial charge is 0.493 e. The maximum absolute atomic E-state index is 12.2. The van der Waals surface area contributed by atoms with Crippen LogP contribution in [0, 0.1) is 13.8 Å². The molecule has 2 N–H and O–H groups in total. The predicted molar refractivity (Wildman–Crippen MR) is 109 cm³/mol. The van der Waals surface area contributed by atoms with Gasteiger partial charge in [-0.25, -0.2) is 0 Å². The first kappa shape index (κ1) is 19.7. The molecule has 2 aromatic carbocycles. The van der Waals surface area contributed by atoms with Crippen molar-refractivity contribution >= 4 is 17.5 Å². The summed E-state index contributed by atoms with van der Waals surface area (Å²) < 4.78 is 5.67. The molecule has 3 rings (SSSR count). The van der Waals surface area contributed by atoms with E-state index in [0.29, 0.717) is 0 Å². The summed E-state index contributed by atoms with van der Waals surface area (Å²) in [4.78, 5) is 26.2. The Bertz CT molecular complexity index is 851. The van der Waals surface area contributed by atoms with Crippen molar-refractivity contribution in [2.45, 2.75) is 33.1 Å². The van der Waals surface area contributed by atoms with Crippen LogP contribution in [0.1, 0.15) is 29.5 Å². The SMILES string of the molecule is Cc1ccc(C)c(OCCC(=O)NNC(=O)CN2CCCc3ccccc32)c1. The van der Waals surface area contributed by atoms with Crippen molar-refractivity contribution in [3.05, 3.63) is 59.2 Å². The quantitative estimate of drug-likeness (QED) is 0.755. The van der Waals surface area contributed by atoms with E-state index in [1.807, 2.05) is 55.1 Å². The van der Waals surface area contributed by atoms with Gasteiger partial charge in [0.2, 0.25) is 5.91 Å². The van der Waals surface area contributed by atoms with Crippen LogP contribution in [0.15, 0.2) is 42.5 Å². The summed E-state index contributed by atoms with van der Waals surface area (Å²) in [5, 5.41) is 0. The number of carbonyl (C=O) groups is 2. The van der Waals surface area contributed by atoms with Crippen LogP contribution >= 0.6 is 0 Å². The zero-order valence-electron chi connectivity index (χ0n) is 16.5. The number of rotatable bonds is 6. The maximum Gasteiger partial charge on any atom is 0.257 e. The van der Waals surface area contributed by atoms with Gasteiger partial charge in [0.1, 0.15) is 5.75 Å². The highest BCUT2D eigenvalue weighted by Crippen LogP contribution is 2.26. The molecule has 0 spiro atoms.